The van der Waals surface area contributed by atoms with Gasteiger partial charge in [-0.1, -0.05) is 0 Å². The Labute approximate surface area is 53.9 Å². The molecule has 0 bridgehead atoms. The lowest BCUT2D eigenvalue weighted by molar-refractivity contribution is -0.134. The number of carboxylic acids is 1. The quantitative estimate of drug-likeness (QED) is 0.486. The molecule has 0 rings (SSSR count). The van der Waals surface area contributed by atoms with Gasteiger partial charge in [-0.25, -0.2) is 0 Å². The van der Waals surface area contributed by atoms with Crippen LogP contribution in [-0.2, 0) is 4.79 Å². The highest BCUT2D eigenvalue weighted by atomic mass is 35.5. The van der Waals surface area contributed by atoms with Gasteiger partial charge < -0.3 is 10.2 Å². The van der Waals surface area contributed by atoms with Crippen molar-refractivity contribution in [2.45, 2.75) is 6.92 Å². The van der Waals surface area contributed by atoms with Crippen molar-refractivity contribution in [1.82, 2.24) is 0 Å². The second-order valence-electron chi connectivity index (χ2n) is 0.519. The van der Waals surface area contributed by atoms with Crippen LogP contribution in [-0.4, -0.2) is 29.7 Å². The topological polar surface area (TPSA) is 57.5 Å². The van der Waals surface area contributed by atoms with E-state index in [2.05, 4.69) is 11.6 Å². The summed E-state index contributed by atoms with van der Waals surface area (Å²) in [5.41, 5.74) is 0. The molecule has 0 spiro atoms. The van der Waals surface area contributed by atoms with E-state index < -0.39 is 5.97 Å². The number of aliphatic hydroxyl groups excluding tert-OH is 1. The smallest absolute Gasteiger partial charge is 0.300 e. The lowest BCUT2D eigenvalue weighted by atomic mass is 10.9. The molecule has 0 saturated carbocycles. The van der Waals surface area contributed by atoms with Gasteiger partial charge >= 0.3 is 0 Å². The summed E-state index contributed by atoms with van der Waals surface area (Å²) in [6.07, 6.45) is 1.47. The van der Waals surface area contributed by atoms with Crippen LogP contribution < -0.4 is 0 Å². The molecule has 0 saturated heterocycles. The summed E-state index contributed by atoms with van der Waals surface area (Å²) in [4.78, 5) is 9.00. The fourth-order valence-corrected chi connectivity index (χ4v) is 0. The first-order valence-corrected chi connectivity index (χ1v) is 2.51. The first-order chi connectivity index (χ1) is 3.73. The van der Waals surface area contributed by atoms with Crippen LogP contribution in [0, 0.1) is 0 Å². The molecule has 0 aromatic heterocycles. The number of carbonyl (C=O) groups is 1. The fraction of sp³-hybridized carbons (Fsp3) is 0.750. The van der Waals surface area contributed by atoms with Crippen molar-refractivity contribution in [3.8, 4) is 0 Å². The maximum atomic E-state index is 9.00. The molecule has 0 atom stereocenters. The van der Waals surface area contributed by atoms with Crippen LogP contribution in [0.25, 0.3) is 0 Å². The van der Waals surface area contributed by atoms with Gasteiger partial charge in [0.2, 0.25) is 0 Å². The van der Waals surface area contributed by atoms with Gasteiger partial charge in [0.15, 0.2) is 0 Å². The minimum Gasteiger partial charge on any atom is -0.481 e. The number of aliphatic hydroxyl groups is 1. The van der Waals surface area contributed by atoms with Gasteiger partial charge in [-0.15, -0.1) is 11.6 Å². The summed E-state index contributed by atoms with van der Waals surface area (Å²) in [6, 6.07) is 0. The van der Waals surface area contributed by atoms with E-state index in [0.29, 0.717) is 0 Å². The molecule has 0 amide bonds. The predicted octanol–water partition coefficient (Wildman–Crippen LogP) is 0.554. The maximum Gasteiger partial charge on any atom is 0.300 e. The lowest BCUT2D eigenvalue weighted by Crippen LogP contribution is -1.78. The molecular weight excluding hydrogens is 131 g/mol. The predicted molar refractivity (Wildman–Crippen MR) is 33.2 cm³/mol. The van der Waals surface area contributed by atoms with Gasteiger partial charge in [-0.3, -0.25) is 4.79 Å². The van der Waals surface area contributed by atoms with E-state index in [1.165, 1.54) is 6.38 Å². The zero-order valence-corrected chi connectivity index (χ0v) is 5.94. The monoisotopic (exact) mass is 142 g/mol. The summed E-state index contributed by atoms with van der Waals surface area (Å²) in [6.45, 7) is 1.08. The fourth-order valence-electron chi connectivity index (χ4n) is 0. The molecule has 0 aromatic rings. The Balaban J connectivity index is -0.0000000542. The van der Waals surface area contributed by atoms with Gasteiger partial charge in [0.05, 0.1) is 0 Å². The molecule has 2 N–H and O–H groups in total. The number of alkyl halides is 1. The minimum absolute atomic E-state index is 0.833. The van der Waals surface area contributed by atoms with Crippen molar-refractivity contribution >= 4 is 17.6 Å². The third kappa shape index (κ3) is 1630. The summed E-state index contributed by atoms with van der Waals surface area (Å²) in [5.74, 6) is -0.833. The summed E-state index contributed by atoms with van der Waals surface area (Å²) in [5, 5.41) is 14.4. The molecule has 0 radical (unpaired) electrons. The SMILES string of the molecule is CC(=O)O.CCl.CO. The van der Waals surface area contributed by atoms with Gasteiger partial charge in [0.1, 0.15) is 0 Å². The Morgan fingerprint density at radius 1 is 1.38 bits per heavy atom. The lowest BCUT2D eigenvalue weighted by Gasteiger charge is -1.59. The summed E-state index contributed by atoms with van der Waals surface area (Å²) < 4.78 is 0. The molecule has 0 heterocycles. The second-order valence-corrected chi connectivity index (χ2v) is 0.519. The third-order valence-electron chi connectivity index (χ3n) is 0. The molecule has 3 nitrogen and oxygen atoms in total. The molecule has 0 aliphatic carbocycles. The molecule has 4 heteroatoms. The van der Waals surface area contributed by atoms with Gasteiger partial charge in [-0.05, 0) is 0 Å². The number of halogens is 1. The average Bonchev–Trinajstić information content (AvgIpc) is 1.75. The van der Waals surface area contributed by atoms with Crippen LogP contribution in [0.15, 0.2) is 0 Å². The zero-order valence-electron chi connectivity index (χ0n) is 5.18. The van der Waals surface area contributed by atoms with E-state index in [1.54, 1.807) is 0 Å². The Morgan fingerprint density at radius 3 is 1.38 bits per heavy atom. The van der Waals surface area contributed by atoms with Crippen LogP contribution in [0.4, 0.5) is 0 Å². The van der Waals surface area contributed by atoms with Gasteiger partial charge in [-0.2, -0.15) is 0 Å². The molecule has 0 aromatic carbocycles. The Kier molecular flexibility index (Phi) is 58.1. The third-order valence-corrected chi connectivity index (χ3v) is 0. The van der Waals surface area contributed by atoms with E-state index in [-0.39, 0.29) is 0 Å². The Hall–Kier alpha value is -0.280. The number of aliphatic carboxylic acids is 1. The molecule has 8 heavy (non-hydrogen) atoms. The van der Waals surface area contributed by atoms with Crippen LogP contribution in [0.3, 0.4) is 0 Å². The zero-order chi connectivity index (χ0) is 7.58. The average molecular weight is 143 g/mol. The van der Waals surface area contributed by atoms with Crippen molar-refractivity contribution in [2.75, 3.05) is 13.5 Å². The number of hydrogen-bond donors (Lipinski definition) is 2. The molecule has 0 aliphatic rings. The normalized spacial score (nSPS) is 4.62. The standard InChI is InChI=1S/C2H4O2.CH3Cl.CH4O/c1-2(3)4;2*1-2/h1H3,(H,3,4);1H3;2H,1H3. The van der Waals surface area contributed by atoms with Crippen molar-refractivity contribution in [2.24, 2.45) is 0 Å². The van der Waals surface area contributed by atoms with Crippen LogP contribution >= 0.6 is 11.6 Å². The van der Waals surface area contributed by atoms with Crippen molar-refractivity contribution in [3.63, 3.8) is 0 Å². The van der Waals surface area contributed by atoms with Gasteiger partial charge in [0.25, 0.3) is 5.97 Å². The van der Waals surface area contributed by atoms with E-state index in [4.69, 9.17) is 15.0 Å². The highest BCUT2D eigenvalue weighted by molar-refractivity contribution is 6.15. The molecule has 52 valence electrons. The van der Waals surface area contributed by atoms with Crippen LogP contribution in [0.5, 0.6) is 0 Å². The Bertz CT molecular complexity index is 34.3. The maximum absolute atomic E-state index is 9.00. The first kappa shape index (κ1) is 15.6. The summed E-state index contributed by atoms with van der Waals surface area (Å²) >= 11 is 4.64. The van der Waals surface area contributed by atoms with Crippen molar-refractivity contribution in [3.05, 3.63) is 0 Å². The van der Waals surface area contributed by atoms with E-state index in [0.717, 1.165) is 14.0 Å². The van der Waals surface area contributed by atoms with Crippen LogP contribution in [0.2, 0.25) is 0 Å². The second kappa shape index (κ2) is 29.7. The highest BCUT2D eigenvalue weighted by Gasteiger charge is 1.65. The van der Waals surface area contributed by atoms with E-state index >= 15 is 0 Å². The molecule has 0 unspecified atom stereocenters. The highest BCUT2D eigenvalue weighted by Crippen LogP contribution is 1.42. The van der Waals surface area contributed by atoms with Crippen molar-refractivity contribution < 1.29 is 15.0 Å². The minimum atomic E-state index is -0.833. The molecule has 0 aliphatic heterocycles. The van der Waals surface area contributed by atoms with E-state index in [1.807, 2.05) is 0 Å². The number of rotatable bonds is 0. The first-order valence-electron chi connectivity index (χ1n) is 1.75. The number of hydrogen-bond acceptors (Lipinski definition) is 2. The molecular formula is C4H11ClO3. The van der Waals surface area contributed by atoms with E-state index in [9.17, 15) is 0 Å². The Morgan fingerprint density at radius 2 is 1.38 bits per heavy atom. The van der Waals surface area contributed by atoms with Gasteiger partial charge in [0, 0.05) is 20.4 Å². The number of carboxylic acid groups (broad SMARTS) is 1. The van der Waals surface area contributed by atoms with Crippen molar-refractivity contribution in [1.29, 1.82) is 0 Å². The largest absolute Gasteiger partial charge is 0.481 e. The molecule has 0 fully saturated rings. The summed E-state index contributed by atoms with van der Waals surface area (Å²) in [7, 11) is 1.00. The van der Waals surface area contributed by atoms with Crippen LogP contribution in [0.1, 0.15) is 6.92 Å².